The SMILES string of the molecule is c1ccc(N(c2ccccc2)c2ccc(-c3ccc(-c4ccc(N(c5ccccc5)c5ccc6c(ccc7cc(N(c8ccccc8)c8ccc(-c9ccc(-c%10ccc(N(c%11ccccc%11)c%11ccccc%11)cc%10)cc9)cc8)ccc76)c5)cc4)cc3)cc2)cc1. The highest BCUT2D eigenvalue weighted by atomic mass is 15.2. The van der Waals surface area contributed by atoms with Gasteiger partial charge in [0.1, 0.15) is 0 Å². The van der Waals surface area contributed by atoms with Crippen molar-refractivity contribution in [2.24, 2.45) is 0 Å². The second-order valence-corrected chi connectivity index (χ2v) is 22.6. The summed E-state index contributed by atoms with van der Waals surface area (Å²) < 4.78 is 0. The van der Waals surface area contributed by atoms with E-state index in [4.69, 9.17) is 0 Å². The smallest absolute Gasteiger partial charge is 0.0468 e. The Bertz CT molecular complexity index is 4460. The maximum atomic E-state index is 2.35. The molecule has 0 radical (unpaired) electrons. The van der Waals surface area contributed by atoms with Gasteiger partial charge >= 0.3 is 0 Å². The fourth-order valence-corrected chi connectivity index (χ4v) is 12.5. The molecule has 426 valence electrons. The van der Waals surface area contributed by atoms with E-state index in [2.05, 4.69) is 396 Å². The van der Waals surface area contributed by atoms with Crippen LogP contribution >= 0.6 is 0 Å². The van der Waals surface area contributed by atoms with Crippen molar-refractivity contribution in [1.29, 1.82) is 0 Å². The van der Waals surface area contributed by atoms with Crippen LogP contribution < -0.4 is 19.6 Å². The number of rotatable bonds is 16. The summed E-state index contributed by atoms with van der Waals surface area (Å²) >= 11 is 0. The van der Waals surface area contributed by atoms with Crippen LogP contribution in [-0.2, 0) is 0 Å². The summed E-state index contributed by atoms with van der Waals surface area (Å²) in [6.07, 6.45) is 0. The number of nitrogens with zero attached hydrogens (tertiary/aromatic N) is 4. The summed E-state index contributed by atoms with van der Waals surface area (Å²) in [6.45, 7) is 0. The normalized spacial score (nSPS) is 11.1. The van der Waals surface area contributed by atoms with Gasteiger partial charge in [0.2, 0.25) is 0 Å². The highest BCUT2D eigenvalue weighted by molar-refractivity contribution is 6.10. The van der Waals surface area contributed by atoms with Gasteiger partial charge in [-0.2, -0.15) is 0 Å². The third kappa shape index (κ3) is 11.2. The maximum absolute atomic E-state index is 2.35. The number of benzene rings is 15. The van der Waals surface area contributed by atoms with Gasteiger partial charge in [-0.1, -0.05) is 231 Å². The van der Waals surface area contributed by atoms with E-state index in [1.165, 1.54) is 54.9 Å². The van der Waals surface area contributed by atoms with Crippen LogP contribution in [-0.4, -0.2) is 0 Å². The van der Waals surface area contributed by atoms with Crippen LogP contribution in [0.3, 0.4) is 0 Å². The van der Waals surface area contributed by atoms with E-state index in [-0.39, 0.29) is 0 Å². The van der Waals surface area contributed by atoms with E-state index < -0.39 is 0 Å². The molecule has 0 aromatic heterocycles. The minimum atomic E-state index is 1.09. The van der Waals surface area contributed by atoms with Gasteiger partial charge in [-0.15, -0.1) is 0 Å². The zero-order valence-electron chi connectivity index (χ0n) is 49.6. The molecule has 0 N–H and O–H groups in total. The molecule has 0 saturated heterocycles. The van der Waals surface area contributed by atoms with Crippen LogP contribution in [0.5, 0.6) is 0 Å². The van der Waals surface area contributed by atoms with Gasteiger partial charge in [-0.05, 0) is 212 Å². The van der Waals surface area contributed by atoms with Gasteiger partial charge in [0.25, 0.3) is 0 Å². The molecule has 0 spiro atoms. The molecule has 0 fully saturated rings. The van der Waals surface area contributed by atoms with Crippen LogP contribution in [0.1, 0.15) is 0 Å². The van der Waals surface area contributed by atoms with E-state index in [1.807, 2.05) is 0 Å². The number of anilines is 12. The monoisotopic (exact) mass is 1150 g/mol. The van der Waals surface area contributed by atoms with Crippen molar-refractivity contribution in [2.75, 3.05) is 19.6 Å². The number of para-hydroxylation sites is 6. The molecule has 0 aliphatic rings. The van der Waals surface area contributed by atoms with Gasteiger partial charge in [0, 0.05) is 68.2 Å². The van der Waals surface area contributed by atoms with Gasteiger partial charge < -0.3 is 19.6 Å². The minimum Gasteiger partial charge on any atom is -0.311 e. The van der Waals surface area contributed by atoms with Gasteiger partial charge in [0.05, 0.1) is 0 Å². The second kappa shape index (κ2) is 24.8. The third-order valence-corrected chi connectivity index (χ3v) is 17.0. The van der Waals surface area contributed by atoms with Crippen molar-refractivity contribution in [3.8, 4) is 44.5 Å². The molecule has 0 aliphatic heterocycles. The Hall–Kier alpha value is -12.0. The topological polar surface area (TPSA) is 13.0 Å². The lowest BCUT2D eigenvalue weighted by Gasteiger charge is -2.27. The van der Waals surface area contributed by atoms with Gasteiger partial charge in [-0.25, -0.2) is 0 Å². The zero-order valence-corrected chi connectivity index (χ0v) is 49.6. The summed E-state index contributed by atoms with van der Waals surface area (Å²) in [7, 11) is 0. The van der Waals surface area contributed by atoms with Crippen molar-refractivity contribution < 1.29 is 0 Å². The van der Waals surface area contributed by atoms with Crippen molar-refractivity contribution in [3.63, 3.8) is 0 Å². The Kier molecular flexibility index (Phi) is 15.0. The highest BCUT2D eigenvalue weighted by Crippen LogP contribution is 2.43. The first-order valence-electron chi connectivity index (χ1n) is 30.7. The summed E-state index contributed by atoms with van der Waals surface area (Å²) in [5.74, 6) is 0. The van der Waals surface area contributed by atoms with Crippen molar-refractivity contribution >= 4 is 89.8 Å². The predicted octanol–water partition coefficient (Wildman–Crippen LogP) is 24.5. The lowest BCUT2D eigenvalue weighted by Crippen LogP contribution is -2.10. The van der Waals surface area contributed by atoms with Gasteiger partial charge in [0.15, 0.2) is 0 Å². The summed E-state index contributed by atoms with van der Waals surface area (Å²) in [5, 5.41) is 4.78. The van der Waals surface area contributed by atoms with Crippen LogP contribution in [0.15, 0.2) is 376 Å². The van der Waals surface area contributed by atoms with Crippen LogP contribution in [0.2, 0.25) is 0 Å². The lowest BCUT2D eigenvalue weighted by atomic mass is 9.99. The molecule has 4 nitrogen and oxygen atoms in total. The Labute approximate surface area is 527 Å². The number of fused-ring (bicyclic) bond motifs is 3. The molecule has 0 bridgehead atoms. The molecule has 90 heavy (non-hydrogen) atoms. The largest absolute Gasteiger partial charge is 0.311 e. The van der Waals surface area contributed by atoms with Crippen LogP contribution in [0.4, 0.5) is 68.2 Å². The average molecular weight is 1150 g/mol. The Balaban J connectivity index is 0.660. The third-order valence-electron chi connectivity index (χ3n) is 17.0. The molecule has 15 rings (SSSR count). The molecular formula is C86H62N4. The molecule has 15 aromatic carbocycles. The summed E-state index contributed by atoms with van der Waals surface area (Å²) in [5.41, 5.74) is 22.7. The predicted molar refractivity (Wildman–Crippen MR) is 382 cm³/mol. The molecule has 0 heterocycles. The van der Waals surface area contributed by atoms with Crippen molar-refractivity contribution in [3.05, 3.63) is 376 Å². The van der Waals surface area contributed by atoms with E-state index in [9.17, 15) is 0 Å². The first-order chi connectivity index (χ1) is 44.6. The summed E-state index contributed by atoms with van der Waals surface area (Å²) in [6, 6.07) is 135. The van der Waals surface area contributed by atoms with E-state index in [1.54, 1.807) is 0 Å². The second-order valence-electron chi connectivity index (χ2n) is 22.6. The van der Waals surface area contributed by atoms with E-state index in [0.29, 0.717) is 0 Å². The Morgan fingerprint density at radius 3 is 0.478 bits per heavy atom. The molecule has 0 amide bonds. The number of hydrogen-bond acceptors (Lipinski definition) is 4. The molecule has 15 aromatic rings. The van der Waals surface area contributed by atoms with Gasteiger partial charge in [-0.3, -0.25) is 0 Å². The molecule has 0 unspecified atom stereocenters. The fraction of sp³-hybridized carbons (Fsp3) is 0. The fourth-order valence-electron chi connectivity index (χ4n) is 12.5. The maximum Gasteiger partial charge on any atom is 0.0468 e. The molecular weight excluding hydrogens is 1090 g/mol. The lowest BCUT2D eigenvalue weighted by molar-refractivity contribution is 1.28. The average Bonchev–Trinajstić information content (AvgIpc) is 1.01. The van der Waals surface area contributed by atoms with Crippen LogP contribution in [0, 0.1) is 0 Å². The zero-order chi connectivity index (χ0) is 60.0. The first-order valence-corrected chi connectivity index (χ1v) is 30.7. The van der Waals surface area contributed by atoms with Crippen molar-refractivity contribution in [2.45, 2.75) is 0 Å². The molecule has 4 heteroatoms. The quantitative estimate of drug-likeness (QED) is 0.0894. The number of hydrogen-bond donors (Lipinski definition) is 0. The molecule has 0 atom stereocenters. The summed E-state index contributed by atoms with van der Waals surface area (Å²) in [4.78, 5) is 9.29. The minimum absolute atomic E-state index is 1.09. The Morgan fingerprint density at radius 2 is 0.278 bits per heavy atom. The van der Waals surface area contributed by atoms with Crippen molar-refractivity contribution in [1.82, 2.24) is 0 Å². The molecule has 0 aliphatic carbocycles. The highest BCUT2D eigenvalue weighted by Gasteiger charge is 2.19. The Morgan fingerprint density at radius 1 is 0.122 bits per heavy atom. The molecule has 0 saturated carbocycles. The standard InChI is InChI=1S/C86H62N4/c1-7-19-73(20-8-1)87(74-21-9-2-10-22-74)79-49-41-67(42-50-79)63-31-35-65(36-32-63)69-45-53-81(54-46-69)89(77-27-15-5-16-28-77)83-57-59-85-71(61-83)39-40-72-62-84(58-60-86(72)85)90(78-29-17-6-18-30-78)82-55-47-70(48-56-82)66-37-33-64(34-38-66)68-43-51-80(52-44-68)88(75-23-11-3-12-24-75)76-25-13-4-14-26-76/h1-62H. The van der Waals surface area contributed by atoms with E-state index in [0.717, 1.165) is 79.4 Å². The first kappa shape index (κ1) is 54.7. The van der Waals surface area contributed by atoms with Crippen LogP contribution in [0.25, 0.3) is 66.1 Å². The van der Waals surface area contributed by atoms with E-state index >= 15 is 0 Å².